The Morgan fingerprint density at radius 2 is 1.94 bits per heavy atom. The van der Waals surface area contributed by atoms with Gasteiger partial charge in [-0.05, 0) is 37.1 Å². The highest BCUT2D eigenvalue weighted by Gasteiger charge is 2.03. The van der Waals surface area contributed by atoms with Crippen LogP contribution in [0.3, 0.4) is 0 Å². The summed E-state index contributed by atoms with van der Waals surface area (Å²) in [4.78, 5) is 11.6. The van der Waals surface area contributed by atoms with Gasteiger partial charge in [-0.2, -0.15) is 0 Å². The molecule has 4 heteroatoms. The van der Waals surface area contributed by atoms with Crippen molar-refractivity contribution in [2.75, 3.05) is 13.1 Å². The lowest BCUT2D eigenvalue weighted by Gasteiger charge is -2.05. The first kappa shape index (κ1) is 15.9. The molecule has 0 spiro atoms. The molecule has 0 saturated heterocycles. The molecule has 0 atom stereocenters. The normalized spacial score (nSPS) is 9.53. The second kappa shape index (κ2) is 9.02. The fraction of sp³-hybridized carbons (Fsp3) is 0.462. The number of hydrogen-bond donors (Lipinski definition) is 2. The molecule has 3 nitrogen and oxygen atoms in total. The Kier molecular flexibility index (Phi) is 8.46. The second-order valence-electron chi connectivity index (χ2n) is 3.85. The van der Waals surface area contributed by atoms with Gasteiger partial charge in [-0.1, -0.05) is 25.5 Å². The van der Waals surface area contributed by atoms with E-state index in [4.69, 9.17) is 5.73 Å². The van der Waals surface area contributed by atoms with Crippen LogP contribution in [0.1, 0.15) is 35.7 Å². The van der Waals surface area contributed by atoms with Crippen LogP contribution in [0.4, 0.5) is 0 Å². The summed E-state index contributed by atoms with van der Waals surface area (Å²) in [6.45, 7) is 3.40. The first-order chi connectivity index (χ1) is 7.77. The van der Waals surface area contributed by atoms with Crippen molar-refractivity contribution < 1.29 is 4.79 Å². The Bertz CT molecular complexity index is 325. The molecule has 0 radical (unpaired) electrons. The van der Waals surface area contributed by atoms with Crippen LogP contribution < -0.4 is 11.1 Å². The molecule has 0 aliphatic rings. The third kappa shape index (κ3) is 5.71. The molecule has 3 N–H and O–H groups in total. The van der Waals surface area contributed by atoms with Gasteiger partial charge in [0.15, 0.2) is 0 Å². The van der Waals surface area contributed by atoms with Crippen molar-refractivity contribution in [3.8, 4) is 0 Å². The molecule has 0 heterocycles. The maximum absolute atomic E-state index is 11.6. The van der Waals surface area contributed by atoms with Crippen LogP contribution in [0.2, 0.25) is 0 Å². The first-order valence-corrected chi connectivity index (χ1v) is 5.85. The zero-order valence-corrected chi connectivity index (χ0v) is 11.1. The highest BCUT2D eigenvalue weighted by atomic mass is 35.5. The average molecular weight is 257 g/mol. The van der Waals surface area contributed by atoms with Crippen LogP contribution in [0.15, 0.2) is 24.3 Å². The van der Waals surface area contributed by atoms with E-state index in [2.05, 4.69) is 12.2 Å². The van der Waals surface area contributed by atoms with Gasteiger partial charge in [0.25, 0.3) is 5.91 Å². The zero-order valence-electron chi connectivity index (χ0n) is 10.2. The van der Waals surface area contributed by atoms with E-state index < -0.39 is 0 Å². The van der Waals surface area contributed by atoms with E-state index >= 15 is 0 Å². The minimum atomic E-state index is -0.0171. The van der Waals surface area contributed by atoms with Crippen molar-refractivity contribution in [2.24, 2.45) is 5.73 Å². The molecule has 1 aromatic rings. The molecule has 0 unspecified atom stereocenters. The van der Waals surface area contributed by atoms with Crippen molar-refractivity contribution in [3.63, 3.8) is 0 Å². The maximum atomic E-state index is 11.6. The Balaban J connectivity index is 0.00000256. The van der Waals surface area contributed by atoms with Crippen LogP contribution in [0, 0.1) is 0 Å². The molecule has 1 rings (SSSR count). The maximum Gasteiger partial charge on any atom is 0.251 e. The van der Waals surface area contributed by atoms with Gasteiger partial charge >= 0.3 is 0 Å². The lowest BCUT2D eigenvalue weighted by atomic mass is 10.1. The smallest absolute Gasteiger partial charge is 0.251 e. The summed E-state index contributed by atoms with van der Waals surface area (Å²) in [5.74, 6) is -0.0171. The fourth-order valence-corrected chi connectivity index (χ4v) is 1.52. The Hall–Kier alpha value is -1.06. The number of aryl methyl sites for hydroxylation is 1. The molecule has 17 heavy (non-hydrogen) atoms. The van der Waals surface area contributed by atoms with E-state index in [-0.39, 0.29) is 18.3 Å². The van der Waals surface area contributed by atoms with Gasteiger partial charge < -0.3 is 11.1 Å². The molecule has 0 aliphatic heterocycles. The van der Waals surface area contributed by atoms with Crippen molar-refractivity contribution in [1.82, 2.24) is 5.32 Å². The van der Waals surface area contributed by atoms with E-state index in [1.165, 1.54) is 5.56 Å². The van der Waals surface area contributed by atoms with Gasteiger partial charge in [-0.15, -0.1) is 12.4 Å². The molecule has 96 valence electrons. The minimum Gasteiger partial charge on any atom is -0.352 e. The highest BCUT2D eigenvalue weighted by molar-refractivity contribution is 5.94. The van der Waals surface area contributed by atoms with Gasteiger partial charge in [0.2, 0.25) is 0 Å². The summed E-state index contributed by atoms with van der Waals surface area (Å²) in [5.41, 5.74) is 7.35. The number of nitrogens with one attached hydrogen (secondary N) is 1. The van der Waals surface area contributed by atoms with Crippen LogP contribution in [0.25, 0.3) is 0 Å². The van der Waals surface area contributed by atoms with E-state index in [0.29, 0.717) is 13.1 Å². The van der Waals surface area contributed by atoms with Crippen LogP contribution in [-0.4, -0.2) is 19.0 Å². The lowest BCUT2D eigenvalue weighted by Crippen LogP contribution is -2.25. The number of amides is 1. The number of carbonyl (C=O) groups excluding carboxylic acids is 1. The number of hydrogen-bond acceptors (Lipinski definition) is 2. The van der Waals surface area contributed by atoms with Crippen LogP contribution in [-0.2, 0) is 6.42 Å². The fourth-order valence-electron chi connectivity index (χ4n) is 1.52. The van der Waals surface area contributed by atoms with Crippen molar-refractivity contribution in [1.29, 1.82) is 0 Å². The lowest BCUT2D eigenvalue weighted by molar-refractivity contribution is 0.0953. The molecule has 1 amide bonds. The molecular weight excluding hydrogens is 236 g/mol. The average Bonchev–Trinajstić information content (AvgIpc) is 2.30. The number of rotatable bonds is 6. The van der Waals surface area contributed by atoms with Gasteiger partial charge in [-0.3, -0.25) is 4.79 Å². The van der Waals surface area contributed by atoms with Crippen molar-refractivity contribution >= 4 is 18.3 Å². The molecule has 0 aromatic heterocycles. The van der Waals surface area contributed by atoms with Crippen LogP contribution in [0.5, 0.6) is 0 Å². The summed E-state index contributed by atoms with van der Waals surface area (Å²) in [5, 5.41) is 2.83. The monoisotopic (exact) mass is 256 g/mol. The van der Waals surface area contributed by atoms with Gasteiger partial charge in [0.05, 0.1) is 0 Å². The van der Waals surface area contributed by atoms with Crippen LogP contribution >= 0.6 is 12.4 Å². The van der Waals surface area contributed by atoms with E-state index in [0.717, 1.165) is 24.8 Å². The quantitative estimate of drug-likeness (QED) is 0.767. The minimum absolute atomic E-state index is 0. The number of benzene rings is 1. The topological polar surface area (TPSA) is 55.1 Å². The highest BCUT2D eigenvalue weighted by Crippen LogP contribution is 2.06. The Morgan fingerprint density at radius 1 is 1.29 bits per heavy atom. The van der Waals surface area contributed by atoms with Gasteiger partial charge in [0, 0.05) is 12.1 Å². The summed E-state index contributed by atoms with van der Waals surface area (Å²) < 4.78 is 0. The van der Waals surface area contributed by atoms with Crippen molar-refractivity contribution in [3.05, 3.63) is 35.4 Å². The number of nitrogens with two attached hydrogens (primary N) is 1. The Morgan fingerprint density at radius 3 is 2.47 bits per heavy atom. The first-order valence-electron chi connectivity index (χ1n) is 5.85. The summed E-state index contributed by atoms with van der Waals surface area (Å²) in [6, 6.07) is 7.79. The standard InChI is InChI=1S/C13H20N2O.ClH/c1-2-4-11-5-7-12(8-6-11)13(16)15-10-3-9-14;/h5-8H,2-4,9-10,14H2,1H3,(H,15,16);1H. The van der Waals surface area contributed by atoms with E-state index in [1.54, 1.807) is 0 Å². The van der Waals surface area contributed by atoms with Crippen molar-refractivity contribution in [2.45, 2.75) is 26.2 Å². The number of halogens is 1. The second-order valence-corrected chi connectivity index (χ2v) is 3.85. The molecule has 1 aromatic carbocycles. The predicted octanol–water partition coefficient (Wildman–Crippen LogP) is 2.14. The van der Waals surface area contributed by atoms with E-state index in [1.807, 2.05) is 24.3 Å². The summed E-state index contributed by atoms with van der Waals surface area (Å²) in [6.07, 6.45) is 3.01. The van der Waals surface area contributed by atoms with E-state index in [9.17, 15) is 4.79 Å². The third-order valence-electron chi connectivity index (χ3n) is 2.42. The third-order valence-corrected chi connectivity index (χ3v) is 2.42. The van der Waals surface area contributed by atoms with Gasteiger partial charge in [-0.25, -0.2) is 0 Å². The molecule has 0 aliphatic carbocycles. The molecular formula is C13H21ClN2O. The van der Waals surface area contributed by atoms with Gasteiger partial charge in [0.1, 0.15) is 0 Å². The molecule has 0 saturated carbocycles. The predicted molar refractivity (Wildman–Crippen MR) is 73.7 cm³/mol. The Labute approximate surface area is 109 Å². The summed E-state index contributed by atoms with van der Waals surface area (Å²) in [7, 11) is 0. The largest absolute Gasteiger partial charge is 0.352 e. The molecule has 0 bridgehead atoms. The number of carbonyl (C=O) groups is 1. The zero-order chi connectivity index (χ0) is 11.8. The molecule has 0 fully saturated rings. The SMILES string of the molecule is CCCc1ccc(C(=O)NCCCN)cc1.Cl. The summed E-state index contributed by atoms with van der Waals surface area (Å²) >= 11 is 0.